The van der Waals surface area contributed by atoms with Crippen molar-refractivity contribution in [1.29, 1.82) is 0 Å². The van der Waals surface area contributed by atoms with Crippen molar-refractivity contribution in [3.63, 3.8) is 0 Å². The molecule has 0 radical (unpaired) electrons. The van der Waals surface area contributed by atoms with Gasteiger partial charge in [0, 0.05) is 11.3 Å². The number of methoxy groups -OCH3 is 1. The molecule has 2 aliphatic heterocycles. The third-order valence-electron chi connectivity index (χ3n) is 6.07. The number of epoxide rings is 1. The van der Waals surface area contributed by atoms with Crippen molar-refractivity contribution in [2.24, 2.45) is 16.7 Å². The predicted octanol–water partition coefficient (Wildman–Crippen LogP) is 1.91. The first-order valence-electron chi connectivity index (χ1n) is 7.33. The van der Waals surface area contributed by atoms with Crippen molar-refractivity contribution < 1.29 is 19.0 Å². The van der Waals surface area contributed by atoms with Gasteiger partial charge in [-0.3, -0.25) is 0 Å². The molecule has 2 aliphatic carbocycles. The fourth-order valence-corrected chi connectivity index (χ4v) is 5.44. The van der Waals surface area contributed by atoms with Crippen molar-refractivity contribution in [3.05, 3.63) is 0 Å². The van der Waals surface area contributed by atoms with E-state index in [9.17, 15) is 4.79 Å². The molecule has 0 aromatic rings. The summed E-state index contributed by atoms with van der Waals surface area (Å²) in [4.78, 5) is 12.2. The SMILES string of the molecule is COC(=O)[C@]12C[C@@]3(CCCC(C)(C)[C@H]3[C@H]3O[C@H]31)CO2. The molecule has 2 saturated carbocycles. The van der Waals surface area contributed by atoms with Gasteiger partial charge in [0.1, 0.15) is 6.10 Å². The van der Waals surface area contributed by atoms with E-state index in [-0.39, 0.29) is 29.0 Å². The molecule has 4 heteroatoms. The summed E-state index contributed by atoms with van der Waals surface area (Å²) in [7, 11) is 1.44. The van der Waals surface area contributed by atoms with Gasteiger partial charge in [-0.15, -0.1) is 0 Å². The van der Waals surface area contributed by atoms with E-state index < -0.39 is 5.60 Å². The monoisotopic (exact) mass is 266 g/mol. The number of carbonyl (C=O) groups is 1. The number of hydrogen-bond acceptors (Lipinski definition) is 4. The lowest BCUT2D eigenvalue weighted by atomic mass is 9.50. The Morgan fingerprint density at radius 2 is 2.11 bits per heavy atom. The van der Waals surface area contributed by atoms with Crippen LogP contribution in [0.25, 0.3) is 0 Å². The average molecular weight is 266 g/mol. The maximum absolute atomic E-state index is 12.2. The van der Waals surface area contributed by atoms with E-state index in [1.165, 1.54) is 20.0 Å². The highest BCUT2D eigenvalue weighted by Crippen LogP contribution is 2.69. The summed E-state index contributed by atoms with van der Waals surface area (Å²) in [5, 5.41) is 0. The number of ether oxygens (including phenoxy) is 3. The van der Waals surface area contributed by atoms with Crippen LogP contribution in [0.1, 0.15) is 39.5 Å². The van der Waals surface area contributed by atoms with Gasteiger partial charge in [0.2, 0.25) is 0 Å². The molecule has 2 saturated heterocycles. The third kappa shape index (κ3) is 1.30. The van der Waals surface area contributed by atoms with Crippen LogP contribution in [-0.4, -0.2) is 37.5 Å². The van der Waals surface area contributed by atoms with E-state index in [2.05, 4.69) is 13.8 Å². The van der Waals surface area contributed by atoms with Crippen LogP contribution < -0.4 is 0 Å². The summed E-state index contributed by atoms with van der Waals surface area (Å²) in [6.07, 6.45) is 4.55. The summed E-state index contributed by atoms with van der Waals surface area (Å²) < 4.78 is 16.9. The largest absolute Gasteiger partial charge is 0.467 e. The topological polar surface area (TPSA) is 48.1 Å². The van der Waals surface area contributed by atoms with E-state index >= 15 is 0 Å². The van der Waals surface area contributed by atoms with Crippen LogP contribution in [0.3, 0.4) is 0 Å². The lowest BCUT2D eigenvalue weighted by Gasteiger charge is -2.51. The van der Waals surface area contributed by atoms with Crippen LogP contribution in [0.15, 0.2) is 0 Å². The first kappa shape index (κ1) is 12.2. The van der Waals surface area contributed by atoms with Gasteiger partial charge in [-0.25, -0.2) is 4.79 Å². The first-order chi connectivity index (χ1) is 8.95. The molecule has 0 unspecified atom stereocenters. The van der Waals surface area contributed by atoms with Crippen LogP contribution in [0.2, 0.25) is 0 Å². The van der Waals surface area contributed by atoms with Crippen molar-refractivity contribution in [1.82, 2.24) is 0 Å². The van der Waals surface area contributed by atoms with Gasteiger partial charge in [-0.05, 0) is 24.7 Å². The predicted molar refractivity (Wildman–Crippen MR) is 67.5 cm³/mol. The Labute approximate surface area is 113 Å². The number of fused-ring (bicyclic) bond motifs is 4. The molecule has 4 fully saturated rings. The zero-order valence-electron chi connectivity index (χ0n) is 11.9. The van der Waals surface area contributed by atoms with Crippen molar-refractivity contribution >= 4 is 5.97 Å². The molecule has 4 nitrogen and oxygen atoms in total. The molecule has 19 heavy (non-hydrogen) atoms. The van der Waals surface area contributed by atoms with Gasteiger partial charge < -0.3 is 14.2 Å². The Kier molecular flexibility index (Phi) is 2.14. The summed E-state index contributed by atoms with van der Waals surface area (Å²) >= 11 is 0. The first-order valence-corrected chi connectivity index (χ1v) is 7.33. The van der Waals surface area contributed by atoms with Gasteiger partial charge >= 0.3 is 5.97 Å². The van der Waals surface area contributed by atoms with Crippen LogP contribution in [-0.2, 0) is 19.0 Å². The molecule has 0 aromatic carbocycles. The minimum atomic E-state index is -0.802. The van der Waals surface area contributed by atoms with E-state index in [1.54, 1.807) is 0 Å². The molecule has 4 aliphatic rings. The van der Waals surface area contributed by atoms with Crippen molar-refractivity contribution in [3.8, 4) is 0 Å². The maximum Gasteiger partial charge on any atom is 0.341 e. The quantitative estimate of drug-likeness (QED) is 0.537. The second-order valence-corrected chi connectivity index (χ2v) is 7.55. The fraction of sp³-hybridized carbons (Fsp3) is 0.933. The van der Waals surface area contributed by atoms with Gasteiger partial charge in [-0.1, -0.05) is 20.3 Å². The molecule has 2 heterocycles. The van der Waals surface area contributed by atoms with E-state index in [0.717, 1.165) is 12.8 Å². The normalized spacial score (nSPS) is 53.1. The minimum Gasteiger partial charge on any atom is -0.467 e. The van der Waals surface area contributed by atoms with Gasteiger partial charge in [0.15, 0.2) is 5.60 Å². The Hall–Kier alpha value is -0.610. The van der Waals surface area contributed by atoms with Crippen LogP contribution in [0, 0.1) is 16.7 Å². The highest BCUT2D eigenvalue weighted by Gasteiger charge is 2.78. The summed E-state index contributed by atoms with van der Waals surface area (Å²) in [6, 6.07) is 0. The average Bonchev–Trinajstić information content (AvgIpc) is 3.07. The highest BCUT2D eigenvalue weighted by atomic mass is 16.7. The molecule has 1 spiro atoms. The molecule has 106 valence electrons. The third-order valence-corrected chi connectivity index (χ3v) is 6.07. The van der Waals surface area contributed by atoms with E-state index in [1.807, 2.05) is 0 Å². The van der Waals surface area contributed by atoms with E-state index in [0.29, 0.717) is 12.5 Å². The maximum atomic E-state index is 12.2. The molecule has 0 aromatic heterocycles. The summed E-state index contributed by atoms with van der Waals surface area (Å²) in [6.45, 7) is 5.40. The fourth-order valence-electron chi connectivity index (χ4n) is 5.44. The van der Waals surface area contributed by atoms with Crippen LogP contribution in [0.4, 0.5) is 0 Å². The van der Waals surface area contributed by atoms with Crippen molar-refractivity contribution in [2.75, 3.05) is 13.7 Å². The van der Waals surface area contributed by atoms with E-state index in [4.69, 9.17) is 14.2 Å². The molecular weight excluding hydrogens is 244 g/mol. The van der Waals surface area contributed by atoms with Gasteiger partial charge in [-0.2, -0.15) is 0 Å². The molecule has 0 N–H and O–H groups in total. The summed E-state index contributed by atoms with van der Waals surface area (Å²) in [5.74, 6) is 0.290. The Balaban J connectivity index is 1.76. The Morgan fingerprint density at radius 3 is 2.84 bits per heavy atom. The van der Waals surface area contributed by atoms with Crippen LogP contribution >= 0.6 is 0 Å². The summed E-state index contributed by atoms with van der Waals surface area (Å²) in [5.41, 5.74) is -0.384. The Morgan fingerprint density at radius 1 is 1.32 bits per heavy atom. The smallest absolute Gasteiger partial charge is 0.341 e. The number of esters is 1. The molecular formula is C15H22O4. The lowest BCUT2D eigenvalue weighted by Crippen LogP contribution is -2.55. The van der Waals surface area contributed by atoms with Gasteiger partial charge in [0.05, 0.1) is 19.8 Å². The number of carbonyl (C=O) groups excluding carboxylic acids is 1. The number of hydrogen-bond donors (Lipinski definition) is 0. The second-order valence-electron chi connectivity index (χ2n) is 7.55. The Bertz CT molecular complexity index is 445. The molecule has 5 atom stereocenters. The molecule has 2 bridgehead atoms. The van der Waals surface area contributed by atoms with Crippen molar-refractivity contribution in [2.45, 2.75) is 57.3 Å². The standard InChI is InChI=1S/C15H22O4/c1-13(2)5-4-6-14-7-15(18-8-14,12(16)17-3)11-9(19-11)10(13)14/h9-11H,4-8H2,1-3H3/t9-,10-,11-,14+,15+/m1/s1. The lowest BCUT2D eigenvalue weighted by molar-refractivity contribution is -0.166. The second kappa shape index (κ2) is 3.34. The molecule has 4 rings (SSSR count). The van der Waals surface area contributed by atoms with Gasteiger partial charge in [0.25, 0.3) is 0 Å². The number of rotatable bonds is 1. The van der Waals surface area contributed by atoms with Crippen LogP contribution in [0.5, 0.6) is 0 Å². The highest BCUT2D eigenvalue weighted by molar-refractivity contribution is 5.82. The molecule has 0 amide bonds. The zero-order valence-corrected chi connectivity index (χ0v) is 11.9. The minimum absolute atomic E-state index is 0.0713. The zero-order chi connectivity index (χ0) is 13.5.